The van der Waals surface area contributed by atoms with Crippen LogP contribution in [0.15, 0.2) is 60.8 Å². The molecular weight excluding hydrogens is 421 g/mol. The van der Waals surface area contributed by atoms with E-state index in [4.69, 9.17) is 4.74 Å². The van der Waals surface area contributed by atoms with Gasteiger partial charge in [-0.2, -0.15) is 0 Å². The summed E-state index contributed by atoms with van der Waals surface area (Å²) in [4.78, 5) is 32.0. The monoisotopic (exact) mass is 449 g/mol. The van der Waals surface area contributed by atoms with Gasteiger partial charge in [-0.3, -0.25) is 14.6 Å². The average molecular weight is 450 g/mol. The SMILES string of the molecule is CC(C)(NC(=O)c1ccccc1F)C(=O)N1CCOC[C@@H](Cc2ccc3ncccc3c2)C1. The highest BCUT2D eigenvalue weighted by Crippen LogP contribution is 2.20. The molecule has 1 aliphatic rings. The van der Waals surface area contributed by atoms with Gasteiger partial charge in [0.1, 0.15) is 11.4 Å². The first-order chi connectivity index (χ1) is 15.8. The molecule has 6 nitrogen and oxygen atoms in total. The van der Waals surface area contributed by atoms with Crippen molar-refractivity contribution >= 4 is 22.7 Å². The van der Waals surface area contributed by atoms with Crippen molar-refractivity contribution in [1.82, 2.24) is 15.2 Å². The van der Waals surface area contributed by atoms with Crippen LogP contribution in [0.1, 0.15) is 29.8 Å². The zero-order valence-electron chi connectivity index (χ0n) is 18.9. The Hall–Kier alpha value is -3.32. The highest BCUT2D eigenvalue weighted by atomic mass is 19.1. The first kappa shape index (κ1) is 22.9. The van der Waals surface area contributed by atoms with Crippen LogP contribution in [0, 0.1) is 11.7 Å². The number of fused-ring (bicyclic) bond motifs is 1. The van der Waals surface area contributed by atoms with E-state index in [0.29, 0.717) is 26.3 Å². The largest absolute Gasteiger partial charge is 0.379 e. The van der Waals surface area contributed by atoms with E-state index in [1.165, 1.54) is 18.2 Å². The fraction of sp³-hybridized carbons (Fsp3) is 0.346. The van der Waals surface area contributed by atoms with Gasteiger partial charge >= 0.3 is 0 Å². The maximum Gasteiger partial charge on any atom is 0.255 e. The van der Waals surface area contributed by atoms with Crippen LogP contribution in [0.3, 0.4) is 0 Å². The Balaban J connectivity index is 1.45. The van der Waals surface area contributed by atoms with E-state index in [0.717, 1.165) is 22.9 Å². The fourth-order valence-corrected chi connectivity index (χ4v) is 4.22. The number of ether oxygens (including phenoxy) is 1. The number of aromatic nitrogens is 1. The van der Waals surface area contributed by atoms with Gasteiger partial charge in [-0.05, 0) is 56.2 Å². The van der Waals surface area contributed by atoms with Gasteiger partial charge in [-0.15, -0.1) is 0 Å². The molecule has 2 aromatic carbocycles. The molecule has 4 rings (SSSR count). The minimum atomic E-state index is -1.19. The van der Waals surface area contributed by atoms with Crippen LogP contribution in [0.25, 0.3) is 10.9 Å². The average Bonchev–Trinajstić information content (AvgIpc) is 3.04. The molecule has 1 saturated heterocycles. The van der Waals surface area contributed by atoms with E-state index in [1.54, 1.807) is 31.0 Å². The van der Waals surface area contributed by atoms with Crippen molar-refractivity contribution < 1.29 is 18.7 Å². The van der Waals surface area contributed by atoms with Crippen molar-refractivity contribution in [3.8, 4) is 0 Å². The number of hydrogen-bond acceptors (Lipinski definition) is 4. The Kier molecular flexibility index (Phi) is 6.70. The summed E-state index contributed by atoms with van der Waals surface area (Å²) >= 11 is 0. The normalized spacial score (nSPS) is 16.9. The molecule has 172 valence electrons. The molecule has 1 aliphatic heterocycles. The lowest BCUT2D eigenvalue weighted by Gasteiger charge is -2.33. The summed E-state index contributed by atoms with van der Waals surface area (Å²) in [5, 5.41) is 3.78. The van der Waals surface area contributed by atoms with Crippen LogP contribution in [0.2, 0.25) is 0 Å². The third-order valence-corrected chi connectivity index (χ3v) is 5.90. The molecule has 0 unspecified atom stereocenters. The lowest BCUT2D eigenvalue weighted by atomic mass is 9.96. The highest BCUT2D eigenvalue weighted by Gasteiger charge is 2.36. The van der Waals surface area contributed by atoms with Gasteiger partial charge in [0.2, 0.25) is 5.91 Å². The molecule has 2 heterocycles. The summed E-state index contributed by atoms with van der Waals surface area (Å²) in [6.07, 6.45) is 2.54. The second-order valence-corrected chi connectivity index (χ2v) is 8.99. The number of nitrogens with one attached hydrogen (secondary N) is 1. The van der Waals surface area contributed by atoms with Crippen LogP contribution in [0.5, 0.6) is 0 Å². The smallest absolute Gasteiger partial charge is 0.255 e. The Morgan fingerprint density at radius 3 is 2.82 bits per heavy atom. The van der Waals surface area contributed by atoms with Crippen LogP contribution in [-0.2, 0) is 16.0 Å². The number of benzene rings is 2. The zero-order valence-corrected chi connectivity index (χ0v) is 18.9. The lowest BCUT2D eigenvalue weighted by Crippen LogP contribution is -2.57. The molecule has 0 radical (unpaired) electrons. The molecular formula is C26H28FN3O3. The summed E-state index contributed by atoms with van der Waals surface area (Å²) in [5.41, 5.74) is 0.831. The topological polar surface area (TPSA) is 71.5 Å². The van der Waals surface area contributed by atoms with Gasteiger partial charge in [-0.25, -0.2) is 4.39 Å². The van der Waals surface area contributed by atoms with Gasteiger partial charge in [0.25, 0.3) is 5.91 Å². The Morgan fingerprint density at radius 1 is 1.18 bits per heavy atom. The molecule has 0 spiro atoms. The third-order valence-electron chi connectivity index (χ3n) is 5.90. The molecule has 1 atom stereocenters. The number of amides is 2. The minimum absolute atomic E-state index is 0.0822. The molecule has 0 aliphatic carbocycles. The maximum atomic E-state index is 14.0. The molecule has 0 saturated carbocycles. The number of nitrogens with zero attached hydrogens (tertiary/aromatic N) is 2. The molecule has 0 bridgehead atoms. The number of hydrogen-bond donors (Lipinski definition) is 1. The number of carbonyl (C=O) groups excluding carboxylic acids is 2. The summed E-state index contributed by atoms with van der Waals surface area (Å²) in [7, 11) is 0. The summed E-state index contributed by atoms with van der Waals surface area (Å²) < 4.78 is 19.8. The molecule has 1 N–H and O–H groups in total. The van der Waals surface area contributed by atoms with E-state index in [-0.39, 0.29) is 17.4 Å². The Morgan fingerprint density at radius 2 is 2.00 bits per heavy atom. The number of halogens is 1. The zero-order chi connectivity index (χ0) is 23.4. The van der Waals surface area contributed by atoms with Gasteiger partial charge < -0.3 is 15.0 Å². The Labute approximate surface area is 192 Å². The van der Waals surface area contributed by atoms with Crippen molar-refractivity contribution in [1.29, 1.82) is 0 Å². The maximum absolute atomic E-state index is 14.0. The first-order valence-electron chi connectivity index (χ1n) is 11.1. The van der Waals surface area contributed by atoms with Crippen molar-refractivity contribution in [2.75, 3.05) is 26.3 Å². The second kappa shape index (κ2) is 9.67. The summed E-state index contributed by atoms with van der Waals surface area (Å²) in [5.74, 6) is -1.33. The van der Waals surface area contributed by atoms with Crippen LogP contribution < -0.4 is 5.32 Å². The van der Waals surface area contributed by atoms with Gasteiger partial charge in [-0.1, -0.05) is 24.3 Å². The lowest BCUT2D eigenvalue weighted by molar-refractivity contribution is -0.137. The van der Waals surface area contributed by atoms with Gasteiger partial charge in [0.05, 0.1) is 24.3 Å². The second-order valence-electron chi connectivity index (χ2n) is 8.99. The number of pyridine rings is 1. The molecule has 1 aromatic heterocycles. The van der Waals surface area contributed by atoms with E-state index >= 15 is 0 Å². The predicted molar refractivity (Wildman–Crippen MR) is 124 cm³/mol. The molecule has 33 heavy (non-hydrogen) atoms. The number of rotatable bonds is 5. The standard InChI is InChI=1S/C26H28FN3O3/c1-26(2,29-24(31)21-7-3-4-8-22(21)27)25(32)30-12-13-33-17-19(16-30)14-18-9-10-23-20(15-18)6-5-11-28-23/h3-11,15,19H,12-14,16-17H2,1-2H3,(H,29,31)/t19-/m0/s1. The highest BCUT2D eigenvalue weighted by molar-refractivity contribution is 5.99. The number of carbonyl (C=O) groups is 2. The molecule has 3 aromatic rings. The van der Waals surface area contributed by atoms with Crippen LogP contribution >= 0.6 is 0 Å². The van der Waals surface area contributed by atoms with Gasteiger partial charge in [0, 0.05) is 30.6 Å². The van der Waals surface area contributed by atoms with Crippen LogP contribution in [0.4, 0.5) is 4.39 Å². The van der Waals surface area contributed by atoms with E-state index in [2.05, 4.69) is 22.4 Å². The Bertz CT molecular complexity index is 1160. The molecule has 2 amide bonds. The van der Waals surface area contributed by atoms with Crippen LogP contribution in [-0.4, -0.2) is 53.5 Å². The van der Waals surface area contributed by atoms with Crippen molar-refractivity contribution in [3.63, 3.8) is 0 Å². The van der Waals surface area contributed by atoms with E-state index in [9.17, 15) is 14.0 Å². The third kappa shape index (κ3) is 5.37. The molecule has 1 fully saturated rings. The van der Waals surface area contributed by atoms with E-state index in [1.807, 2.05) is 18.2 Å². The first-order valence-corrected chi connectivity index (χ1v) is 11.1. The van der Waals surface area contributed by atoms with Crippen molar-refractivity contribution in [2.45, 2.75) is 25.8 Å². The molecule has 7 heteroatoms. The van der Waals surface area contributed by atoms with E-state index < -0.39 is 17.3 Å². The summed E-state index contributed by atoms with van der Waals surface area (Å²) in [6, 6.07) is 15.9. The minimum Gasteiger partial charge on any atom is -0.379 e. The van der Waals surface area contributed by atoms with Crippen molar-refractivity contribution in [3.05, 3.63) is 77.7 Å². The van der Waals surface area contributed by atoms with Gasteiger partial charge in [0.15, 0.2) is 0 Å². The predicted octanol–water partition coefficient (Wildman–Crippen LogP) is 3.60. The summed E-state index contributed by atoms with van der Waals surface area (Å²) in [6.45, 7) is 5.23. The van der Waals surface area contributed by atoms with Crippen molar-refractivity contribution in [2.24, 2.45) is 5.92 Å². The quantitative estimate of drug-likeness (QED) is 0.646. The fourth-order valence-electron chi connectivity index (χ4n) is 4.22.